The van der Waals surface area contributed by atoms with Crippen molar-refractivity contribution < 1.29 is 9.53 Å². The largest absolute Gasteiger partial charge is 0.493 e. The van der Waals surface area contributed by atoms with E-state index < -0.39 is 0 Å². The summed E-state index contributed by atoms with van der Waals surface area (Å²) in [6, 6.07) is 7.19. The van der Waals surface area contributed by atoms with Crippen LogP contribution >= 0.6 is 0 Å². The number of carbonyl (C=O) groups is 1. The van der Waals surface area contributed by atoms with E-state index in [9.17, 15) is 4.79 Å². The van der Waals surface area contributed by atoms with Crippen molar-refractivity contribution in [3.63, 3.8) is 0 Å². The molecule has 6 heteroatoms. The van der Waals surface area contributed by atoms with E-state index in [1.165, 1.54) is 6.33 Å². The normalized spacial score (nSPS) is 10.2. The van der Waals surface area contributed by atoms with Gasteiger partial charge < -0.3 is 10.1 Å². The Balaban J connectivity index is 1.92. The Labute approximate surface area is 111 Å². The number of H-pyrrole nitrogens is 1. The number of nitrogens with zero attached hydrogens (tertiary/aromatic N) is 2. The molecule has 0 unspecified atom stereocenters. The second-order valence-corrected chi connectivity index (χ2v) is 3.87. The number of aromatic nitrogens is 3. The molecule has 19 heavy (non-hydrogen) atoms. The number of para-hydroxylation sites is 1. The van der Waals surface area contributed by atoms with Gasteiger partial charge in [-0.05, 0) is 19.1 Å². The standard InChI is InChI=1S/C13H16N4O2/c1-2-19-11-6-4-3-5-10(11)13(18)14-8-7-12-15-9-16-17-12/h3-6,9H,2,7-8H2,1H3,(H,14,18)(H,15,16,17). The van der Waals surface area contributed by atoms with Crippen LogP contribution in [0.4, 0.5) is 0 Å². The molecular formula is C13H16N4O2. The highest BCUT2D eigenvalue weighted by molar-refractivity contribution is 5.96. The zero-order chi connectivity index (χ0) is 13.5. The molecule has 100 valence electrons. The lowest BCUT2D eigenvalue weighted by Crippen LogP contribution is -2.26. The zero-order valence-electron chi connectivity index (χ0n) is 10.7. The Morgan fingerprint density at radius 3 is 3.00 bits per heavy atom. The molecule has 6 nitrogen and oxygen atoms in total. The van der Waals surface area contributed by atoms with Gasteiger partial charge in [0.05, 0.1) is 12.2 Å². The minimum atomic E-state index is -0.149. The van der Waals surface area contributed by atoms with Crippen LogP contribution in [0, 0.1) is 0 Å². The monoisotopic (exact) mass is 260 g/mol. The number of benzene rings is 1. The quantitative estimate of drug-likeness (QED) is 0.817. The highest BCUT2D eigenvalue weighted by Gasteiger charge is 2.11. The zero-order valence-corrected chi connectivity index (χ0v) is 10.7. The summed E-state index contributed by atoms with van der Waals surface area (Å²) in [7, 11) is 0. The number of aromatic amines is 1. The third-order valence-electron chi connectivity index (χ3n) is 2.54. The second-order valence-electron chi connectivity index (χ2n) is 3.87. The molecule has 0 radical (unpaired) electrons. The van der Waals surface area contributed by atoms with E-state index in [4.69, 9.17) is 4.74 Å². The van der Waals surface area contributed by atoms with Crippen LogP contribution in [0.25, 0.3) is 0 Å². The first-order valence-corrected chi connectivity index (χ1v) is 6.15. The van der Waals surface area contributed by atoms with E-state index in [0.29, 0.717) is 30.9 Å². The number of carbonyl (C=O) groups excluding carboxylic acids is 1. The van der Waals surface area contributed by atoms with Crippen LogP contribution in [0.3, 0.4) is 0 Å². The first-order valence-electron chi connectivity index (χ1n) is 6.15. The molecule has 2 rings (SSSR count). The van der Waals surface area contributed by atoms with Crippen LogP contribution in [0.5, 0.6) is 5.75 Å². The smallest absolute Gasteiger partial charge is 0.255 e. The van der Waals surface area contributed by atoms with Crippen molar-refractivity contribution in [3.8, 4) is 5.75 Å². The fraction of sp³-hybridized carbons (Fsp3) is 0.308. The van der Waals surface area contributed by atoms with E-state index in [1.54, 1.807) is 12.1 Å². The molecule has 0 saturated carbocycles. The summed E-state index contributed by atoms with van der Waals surface area (Å²) >= 11 is 0. The summed E-state index contributed by atoms with van der Waals surface area (Å²) in [5.41, 5.74) is 0.543. The molecule has 1 heterocycles. The van der Waals surface area contributed by atoms with Gasteiger partial charge in [-0.15, -0.1) is 0 Å². The maximum absolute atomic E-state index is 12.0. The van der Waals surface area contributed by atoms with Gasteiger partial charge in [0.1, 0.15) is 17.9 Å². The average molecular weight is 260 g/mol. The fourth-order valence-corrected chi connectivity index (χ4v) is 1.68. The minimum absolute atomic E-state index is 0.149. The molecule has 1 aromatic carbocycles. The fourth-order valence-electron chi connectivity index (χ4n) is 1.68. The number of hydrogen-bond donors (Lipinski definition) is 2. The maximum atomic E-state index is 12.0. The van der Waals surface area contributed by atoms with Gasteiger partial charge in [0.15, 0.2) is 0 Å². The van der Waals surface area contributed by atoms with Gasteiger partial charge in [-0.25, -0.2) is 4.98 Å². The Morgan fingerprint density at radius 1 is 1.42 bits per heavy atom. The number of nitrogens with one attached hydrogen (secondary N) is 2. The van der Waals surface area contributed by atoms with E-state index >= 15 is 0 Å². The molecule has 0 aliphatic heterocycles. The first-order chi connectivity index (χ1) is 9.31. The lowest BCUT2D eigenvalue weighted by atomic mass is 10.2. The summed E-state index contributed by atoms with van der Waals surface area (Å²) in [4.78, 5) is 16.0. The van der Waals surface area contributed by atoms with Crippen molar-refractivity contribution in [1.82, 2.24) is 20.5 Å². The van der Waals surface area contributed by atoms with Crippen LogP contribution in [-0.4, -0.2) is 34.2 Å². The SMILES string of the molecule is CCOc1ccccc1C(=O)NCCc1ncn[nH]1. The van der Waals surface area contributed by atoms with E-state index in [-0.39, 0.29) is 5.91 Å². The molecule has 2 aromatic rings. The second kappa shape index (κ2) is 6.53. The molecular weight excluding hydrogens is 244 g/mol. The van der Waals surface area contributed by atoms with E-state index in [1.807, 2.05) is 19.1 Å². The number of rotatable bonds is 6. The van der Waals surface area contributed by atoms with Crippen molar-refractivity contribution in [2.45, 2.75) is 13.3 Å². The van der Waals surface area contributed by atoms with E-state index in [0.717, 1.165) is 5.82 Å². The minimum Gasteiger partial charge on any atom is -0.493 e. The van der Waals surface area contributed by atoms with Gasteiger partial charge in [0.2, 0.25) is 0 Å². The average Bonchev–Trinajstić information content (AvgIpc) is 2.93. The highest BCUT2D eigenvalue weighted by atomic mass is 16.5. The molecule has 0 fully saturated rings. The van der Waals surface area contributed by atoms with Crippen LogP contribution in [0.15, 0.2) is 30.6 Å². The van der Waals surface area contributed by atoms with Crippen molar-refractivity contribution in [2.75, 3.05) is 13.2 Å². The van der Waals surface area contributed by atoms with Crippen LogP contribution in [0.1, 0.15) is 23.1 Å². The maximum Gasteiger partial charge on any atom is 0.255 e. The first kappa shape index (κ1) is 13.1. The summed E-state index contributed by atoms with van der Waals surface area (Å²) in [5.74, 6) is 1.20. The van der Waals surface area contributed by atoms with Crippen molar-refractivity contribution in [1.29, 1.82) is 0 Å². The molecule has 0 saturated heterocycles. The topological polar surface area (TPSA) is 79.9 Å². The third-order valence-corrected chi connectivity index (χ3v) is 2.54. The van der Waals surface area contributed by atoms with E-state index in [2.05, 4.69) is 20.5 Å². The predicted octanol–water partition coefficient (Wildman–Crippen LogP) is 1.18. The summed E-state index contributed by atoms with van der Waals surface area (Å²) in [6.07, 6.45) is 2.06. The summed E-state index contributed by atoms with van der Waals surface area (Å²) in [5, 5.41) is 9.32. The number of hydrogen-bond acceptors (Lipinski definition) is 4. The molecule has 0 atom stereocenters. The lowest BCUT2D eigenvalue weighted by molar-refractivity contribution is 0.0950. The molecule has 0 aliphatic carbocycles. The van der Waals surface area contributed by atoms with Gasteiger partial charge in [-0.3, -0.25) is 9.89 Å². The Kier molecular flexibility index (Phi) is 4.49. The summed E-state index contributed by atoms with van der Waals surface area (Å²) < 4.78 is 5.42. The molecule has 2 N–H and O–H groups in total. The van der Waals surface area contributed by atoms with Crippen molar-refractivity contribution in [2.24, 2.45) is 0 Å². The molecule has 1 amide bonds. The molecule has 1 aromatic heterocycles. The van der Waals surface area contributed by atoms with Gasteiger partial charge in [0.25, 0.3) is 5.91 Å². The van der Waals surface area contributed by atoms with Crippen LogP contribution < -0.4 is 10.1 Å². The van der Waals surface area contributed by atoms with Gasteiger partial charge in [-0.1, -0.05) is 12.1 Å². The van der Waals surface area contributed by atoms with Crippen LogP contribution in [0.2, 0.25) is 0 Å². The predicted molar refractivity (Wildman–Crippen MR) is 70.0 cm³/mol. The van der Waals surface area contributed by atoms with Crippen molar-refractivity contribution in [3.05, 3.63) is 42.0 Å². The highest BCUT2D eigenvalue weighted by Crippen LogP contribution is 2.17. The Hall–Kier alpha value is -2.37. The van der Waals surface area contributed by atoms with Crippen LogP contribution in [-0.2, 0) is 6.42 Å². The lowest BCUT2D eigenvalue weighted by Gasteiger charge is -2.09. The summed E-state index contributed by atoms with van der Waals surface area (Å²) in [6.45, 7) is 2.91. The Bertz CT molecular complexity index is 525. The van der Waals surface area contributed by atoms with Gasteiger partial charge in [0, 0.05) is 13.0 Å². The van der Waals surface area contributed by atoms with Crippen molar-refractivity contribution >= 4 is 5.91 Å². The molecule has 0 aliphatic rings. The Morgan fingerprint density at radius 2 is 2.26 bits per heavy atom. The molecule has 0 spiro atoms. The van der Waals surface area contributed by atoms with Gasteiger partial charge >= 0.3 is 0 Å². The third kappa shape index (κ3) is 3.54. The number of amides is 1. The molecule has 0 bridgehead atoms. The van der Waals surface area contributed by atoms with Gasteiger partial charge in [-0.2, -0.15) is 5.10 Å². The number of ether oxygens (including phenoxy) is 1.